The lowest BCUT2D eigenvalue weighted by atomic mass is 10.0. The fourth-order valence-corrected chi connectivity index (χ4v) is 4.08. The minimum atomic E-state index is 0.503. The summed E-state index contributed by atoms with van der Waals surface area (Å²) in [5, 5.41) is 0.818. The smallest absolute Gasteiger partial charge is 0.157 e. The van der Waals surface area contributed by atoms with Crippen LogP contribution >= 0.6 is 11.6 Å². The Balaban J connectivity index is 1.44. The molecule has 0 unspecified atom stereocenters. The van der Waals surface area contributed by atoms with Crippen molar-refractivity contribution in [3.8, 4) is 0 Å². The molecule has 0 spiro atoms. The maximum atomic E-state index is 6.12. The lowest BCUT2D eigenvalue weighted by Gasteiger charge is -2.40. The number of likely N-dealkylation sites (tertiary alicyclic amines) is 1. The summed E-state index contributed by atoms with van der Waals surface area (Å²) in [4.78, 5) is 11.9. The second-order valence-electron chi connectivity index (χ2n) is 7.25. The molecule has 4 nitrogen and oxygen atoms in total. The zero-order valence-electron chi connectivity index (χ0n) is 15.4. The Kier molecular flexibility index (Phi) is 4.88. The molecule has 1 saturated heterocycles. The molecule has 26 heavy (non-hydrogen) atoms. The summed E-state index contributed by atoms with van der Waals surface area (Å²) in [5.74, 6) is 1.09. The Hall–Kier alpha value is -2.04. The number of benzene rings is 1. The number of nitrogens with zero attached hydrogens (tertiary/aromatic N) is 4. The Morgan fingerprint density at radius 2 is 1.92 bits per heavy atom. The van der Waals surface area contributed by atoms with Crippen LogP contribution in [0.25, 0.3) is 0 Å². The SMILES string of the molecule is Cc1ccc2c(n1)N(C1CCN(Cc3cccc(Cl)c3)CC1)C=CN2C. The molecular formula is C21H25ClN4. The van der Waals surface area contributed by atoms with Crippen LogP contribution in [0.4, 0.5) is 11.5 Å². The van der Waals surface area contributed by atoms with E-state index in [9.17, 15) is 0 Å². The third-order valence-electron chi connectivity index (χ3n) is 5.31. The molecule has 0 saturated carbocycles. The molecule has 1 aromatic carbocycles. The minimum absolute atomic E-state index is 0.503. The number of hydrogen-bond donors (Lipinski definition) is 0. The zero-order valence-corrected chi connectivity index (χ0v) is 16.2. The van der Waals surface area contributed by atoms with Gasteiger partial charge in [0.1, 0.15) is 0 Å². The molecule has 0 amide bonds. The van der Waals surface area contributed by atoms with Gasteiger partial charge in [-0.05, 0) is 49.6 Å². The van der Waals surface area contributed by atoms with E-state index in [1.165, 1.54) is 11.3 Å². The molecule has 1 fully saturated rings. The number of aryl methyl sites for hydroxylation is 1. The Bertz CT molecular complexity index is 811. The normalized spacial score (nSPS) is 18.3. The van der Waals surface area contributed by atoms with Crippen LogP contribution in [0.2, 0.25) is 5.02 Å². The van der Waals surface area contributed by atoms with Crippen LogP contribution in [0.15, 0.2) is 48.8 Å². The van der Waals surface area contributed by atoms with Crippen molar-refractivity contribution in [3.05, 3.63) is 65.1 Å². The van der Waals surface area contributed by atoms with E-state index < -0.39 is 0 Å². The van der Waals surface area contributed by atoms with Crippen LogP contribution in [-0.2, 0) is 6.54 Å². The monoisotopic (exact) mass is 368 g/mol. The number of rotatable bonds is 3. The van der Waals surface area contributed by atoms with Gasteiger partial charge >= 0.3 is 0 Å². The second kappa shape index (κ2) is 7.29. The Morgan fingerprint density at radius 3 is 2.69 bits per heavy atom. The number of piperidine rings is 1. The van der Waals surface area contributed by atoms with Crippen LogP contribution in [0.3, 0.4) is 0 Å². The van der Waals surface area contributed by atoms with Gasteiger partial charge in [-0.15, -0.1) is 0 Å². The largest absolute Gasteiger partial charge is 0.347 e. The number of anilines is 2. The van der Waals surface area contributed by atoms with E-state index in [1.807, 2.05) is 12.1 Å². The summed E-state index contributed by atoms with van der Waals surface area (Å²) < 4.78 is 0. The first-order valence-electron chi connectivity index (χ1n) is 9.24. The molecule has 2 aliphatic heterocycles. The minimum Gasteiger partial charge on any atom is -0.347 e. The van der Waals surface area contributed by atoms with Crippen molar-refractivity contribution in [2.45, 2.75) is 32.4 Å². The van der Waals surface area contributed by atoms with E-state index in [2.05, 4.69) is 65.3 Å². The van der Waals surface area contributed by atoms with Crippen molar-refractivity contribution < 1.29 is 0 Å². The summed E-state index contributed by atoms with van der Waals surface area (Å²) in [6.07, 6.45) is 6.61. The molecule has 0 bridgehead atoms. The lowest BCUT2D eigenvalue weighted by molar-refractivity contribution is 0.204. The van der Waals surface area contributed by atoms with E-state index >= 15 is 0 Å². The molecule has 0 atom stereocenters. The average Bonchev–Trinajstić information content (AvgIpc) is 2.63. The molecule has 2 aliphatic rings. The highest BCUT2D eigenvalue weighted by molar-refractivity contribution is 6.30. The van der Waals surface area contributed by atoms with Crippen molar-refractivity contribution in [1.29, 1.82) is 0 Å². The van der Waals surface area contributed by atoms with Gasteiger partial charge in [0.2, 0.25) is 0 Å². The highest BCUT2D eigenvalue weighted by Crippen LogP contribution is 2.34. The number of fused-ring (bicyclic) bond motifs is 1. The Morgan fingerprint density at radius 1 is 1.12 bits per heavy atom. The van der Waals surface area contributed by atoms with Gasteiger partial charge in [0.15, 0.2) is 5.82 Å². The van der Waals surface area contributed by atoms with Gasteiger partial charge in [0, 0.05) is 55.8 Å². The fourth-order valence-electron chi connectivity index (χ4n) is 3.87. The van der Waals surface area contributed by atoms with Crippen LogP contribution in [0.5, 0.6) is 0 Å². The predicted octanol–water partition coefficient (Wildman–Crippen LogP) is 4.44. The summed E-state index contributed by atoms with van der Waals surface area (Å²) in [6, 6.07) is 12.9. The molecule has 0 N–H and O–H groups in total. The molecule has 4 rings (SSSR count). The lowest BCUT2D eigenvalue weighted by Crippen LogP contribution is -2.44. The number of pyridine rings is 1. The van der Waals surface area contributed by atoms with Gasteiger partial charge in [-0.3, -0.25) is 4.90 Å². The van der Waals surface area contributed by atoms with Gasteiger partial charge in [0.05, 0.1) is 5.69 Å². The first kappa shape index (κ1) is 17.4. The van der Waals surface area contributed by atoms with E-state index in [0.29, 0.717) is 6.04 Å². The second-order valence-corrected chi connectivity index (χ2v) is 7.69. The standard InChI is InChI=1S/C21H25ClN4/c1-16-6-7-20-21(23-16)26(13-12-24(20)2)19-8-10-25(11-9-19)15-17-4-3-5-18(22)14-17/h3-7,12-14,19H,8-11,15H2,1-2H3. The molecule has 1 aromatic heterocycles. The van der Waals surface area contributed by atoms with E-state index in [1.54, 1.807) is 0 Å². The van der Waals surface area contributed by atoms with Gasteiger partial charge in [-0.2, -0.15) is 0 Å². The molecular weight excluding hydrogens is 344 g/mol. The van der Waals surface area contributed by atoms with Crippen molar-refractivity contribution in [2.24, 2.45) is 0 Å². The first-order valence-corrected chi connectivity index (χ1v) is 9.62. The maximum Gasteiger partial charge on any atom is 0.157 e. The Labute approximate surface area is 160 Å². The van der Waals surface area contributed by atoms with E-state index in [0.717, 1.165) is 49.0 Å². The zero-order chi connectivity index (χ0) is 18.1. The van der Waals surface area contributed by atoms with E-state index in [4.69, 9.17) is 16.6 Å². The van der Waals surface area contributed by atoms with Crippen LogP contribution in [0.1, 0.15) is 24.1 Å². The quantitative estimate of drug-likeness (QED) is 0.799. The summed E-state index contributed by atoms with van der Waals surface area (Å²) in [6.45, 7) is 5.22. The number of aromatic nitrogens is 1. The highest BCUT2D eigenvalue weighted by Gasteiger charge is 2.28. The number of hydrogen-bond acceptors (Lipinski definition) is 4. The van der Waals surface area contributed by atoms with Crippen LogP contribution < -0.4 is 9.80 Å². The van der Waals surface area contributed by atoms with Gasteiger partial charge < -0.3 is 9.80 Å². The third kappa shape index (κ3) is 3.57. The fraction of sp³-hybridized carbons (Fsp3) is 0.381. The molecule has 5 heteroatoms. The summed E-state index contributed by atoms with van der Waals surface area (Å²) in [7, 11) is 2.08. The van der Waals surface area contributed by atoms with E-state index in [-0.39, 0.29) is 0 Å². The molecule has 0 aliphatic carbocycles. The topological polar surface area (TPSA) is 22.6 Å². The van der Waals surface area contributed by atoms with Crippen molar-refractivity contribution >= 4 is 23.1 Å². The molecule has 2 aromatic rings. The highest BCUT2D eigenvalue weighted by atomic mass is 35.5. The molecule has 0 radical (unpaired) electrons. The van der Waals surface area contributed by atoms with Gasteiger partial charge in [-0.1, -0.05) is 23.7 Å². The maximum absolute atomic E-state index is 6.12. The van der Waals surface area contributed by atoms with Crippen molar-refractivity contribution in [1.82, 2.24) is 9.88 Å². The van der Waals surface area contributed by atoms with Crippen molar-refractivity contribution in [3.63, 3.8) is 0 Å². The van der Waals surface area contributed by atoms with Crippen molar-refractivity contribution in [2.75, 3.05) is 29.9 Å². The number of halogens is 1. The van der Waals surface area contributed by atoms with Crippen LogP contribution in [0, 0.1) is 6.92 Å². The predicted molar refractivity (Wildman–Crippen MR) is 109 cm³/mol. The first-order chi connectivity index (χ1) is 12.6. The molecule has 3 heterocycles. The molecule has 136 valence electrons. The van der Waals surface area contributed by atoms with Gasteiger partial charge in [0.25, 0.3) is 0 Å². The summed E-state index contributed by atoms with van der Waals surface area (Å²) in [5.41, 5.74) is 3.54. The third-order valence-corrected chi connectivity index (χ3v) is 5.55. The average molecular weight is 369 g/mol. The van der Waals surface area contributed by atoms with Crippen LogP contribution in [-0.4, -0.2) is 36.1 Å². The van der Waals surface area contributed by atoms with Gasteiger partial charge in [-0.25, -0.2) is 4.98 Å². The summed E-state index contributed by atoms with van der Waals surface area (Å²) >= 11 is 6.12.